The summed E-state index contributed by atoms with van der Waals surface area (Å²) >= 11 is 0. The molecule has 0 radical (unpaired) electrons. The number of phenols is 1. The Labute approximate surface area is 189 Å². The van der Waals surface area contributed by atoms with Crippen LogP contribution in [0, 0.1) is 5.92 Å². The van der Waals surface area contributed by atoms with E-state index in [1.165, 1.54) is 0 Å². The Morgan fingerprint density at radius 1 is 0.968 bits per heavy atom. The topological polar surface area (TPSA) is 75.4 Å². The number of benzene rings is 2. The Morgan fingerprint density at radius 3 is 2.10 bits per heavy atom. The highest BCUT2D eigenvalue weighted by Gasteiger charge is 2.12. The van der Waals surface area contributed by atoms with Gasteiger partial charge in [-0.2, -0.15) is 0 Å². The fourth-order valence-electron chi connectivity index (χ4n) is 2.30. The number of phenolic OH excluding ortho intramolecular Hbond substituents is 1. The molecule has 3 aromatic rings. The molecule has 0 aliphatic carbocycles. The summed E-state index contributed by atoms with van der Waals surface area (Å²) in [5, 5.41) is 12.1. The van der Waals surface area contributed by atoms with Gasteiger partial charge in [-0.15, -0.1) is 0 Å². The van der Waals surface area contributed by atoms with E-state index in [1.807, 2.05) is 38.1 Å². The number of hydrogen-bond donors (Lipinski definition) is 2. The number of aromatic hydroxyl groups is 1. The van der Waals surface area contributed by atoms with Crippen molar-refractivity contribution in [3.63, 3.8) is 0 Å². The molecule has 2 unspecified atom stereocenters. The molecule has 2 N–H and O–H groups in total. The van der Waals surface area contributed by atoms with Gasteiger partial charge in [0.25, 0.3) is 0 Å². The highest BCUT2D eigenvalue weighted by Crippen LogP contribution is 2.23. The van der Waals surface area contributed by atoms with E-state index in [-0.39, 0.29) is 47.3 Å². The summed E-state index contributed by atoms with van der Waals surface area (Å²) in [7, 11) is 0. The number of aromatic nitrogens is 1. The third-order valence-electron chi connectivity index (χ3n) is 4.57. The first-order valence-corrected chi connectivity index (χ1v) is 9.40. The van der Waals surface area contributed by atoms with Crippen LogP contribution in [0.3, 0.4) is 0 Å². The SMILES string of the molecule is C.C.C.C.CCC(C)C(=O)Nc1ccccc1O.CCC(C)c1nc2ccccc2o1. The van der Waals surface area contributed by atoms with E-state index < -0.39 is 0 Å². The third-order valence-corrected chi connectivity index (χ3v) is 4.57. The minimum absolute atomic E-state index is 0. The highest BCUT2D eigenvalue weighted by atomic mass is 16.3. The Kier molecular flexibility index (Phi) is 16.9. The van der Waals surface area contributed by atoms with Crippen molar-refractivity contribution in [2.75, 3.05) is 5.32 Å². The molecular weight excluding hydrogens is 388 g/mol. The molecule has 1 aromatic heterocycles. The largest absolute Gasteiger partial charge is 0.506 e. The smallest absolute Gasteiger partial charge is 0.227 e. The minimum Gasteiger partial charge on any atom is -0.506 e. The van der Waals surface area contributed by atoms with Crippen LogP contribution in [0.1, 0.15) is 82.1 Å². The zero-order valence-corrected chi connectivity index (χ0v) is 16.4. The molecule has 0 fully saturated rings. The molecule has 2 atom stereocenters. The van der Waals surface area contributed by atoms with Gasteiger partial charge in [-0.3, -0.25) is 4.79 Å². The molecule has 3 rings (SSSR count). The van der Waals surface area contributed by atoms with E-state index in [4.69, 9.17) is 4.42 Å². The number of para-hydroxylation sites is 4. The average molecular weight is 433 g/mol. The summed E-state index contributed by atoms with van der Waals surface area (Å²) in [6, 6.07) is 14.6. The number of carbonyl (C=O) groups is 1. The molecule has 1 heterocycles. The Morgan fingerprint density at radius 2 is 1.55 bits per heavy atom. The zero-order chi connectivity index (χ0) is 19.8. The fourth-order valence-corrected chi connectivity index (χ4v) is 2.30. The number of carbonyl (C=O) groups excluding carboxylic acids is 1. The normalized spacial score (nSPS) is 11.1. The first-order valence-electron chi connectivity index (χ1n) is 9.40. The van der Waals surface area contributed by atoms with Gasteiger partial charge < -0.3 is 14.8 Å². The van der Waals surface area contributed by atoms with E-state index in [9.17, 15) is 9.90 Å². The first-order chi connectivity index (χ1) is 13.0. The summed E-state index contributed by atoms with van der Waals surface area (Å²) in [6.45, 7) is 8.08. The van der Waals surface area contributed by atoms with Gasteiger partial charge in [-0.1, -0.05) is 81.7 Å². The zero-order valence-electron chi connectivity index (χ0n) is 16.4. The maximum absolute atomic E-state index is 11.5. The van der Waals surface area contributed by atoms with Crippen LogP contribution in [0.5, 0.6) is 5.75 Å². The standard InChI is InChI=1S/C11H15NO2.C11H13NO.4CH4/c1-3-8(2)11(14)12-9-6-4-5-7-10(9)13;1-3-8(2)11-12-9-6-4-5-7-10(9)13-11;;;;/h4-8,13H,3H2,1-2H3,(H,12,14);4-8H,3H2,1-2H3;4*1H4. The molecule has 0 saturated carbocycles. The van der Waals surface area contributed by atoms with E-state index in [0.717, 1.165) is 29.8 Å². The molecule has 31 heavy (non-hydrogen) atoms. The van der Waals surface area contributed by atoms with Gasteiger partial charge in [0.2, 0.25) is 5.91 Å². The van der Waals surface area contributed by atoms with E-state index in [2.05, 4.69) is 24.1 Å². The lowest BCUT2D eigenvalue weighted by Crippen LogP contribution is -2.19. The summed E-state index contributed by atoms with van der Waals surface area (Å²) in [5.41, 5.74) is 2.31. The van der Waals surface area contributed by atoms with Crippen LogP contribution in [0.4, 0.5) is 5.69 Å². The second kappa shape index (κ2) is 15.9. The maximum atomic E-state index is 11.5. The molecule has 5 nitrogen and oxygen atoms in total. The van der Waals surface area contributed by atoms with Crippen molar-refractivity contribution < 1.29 is 14.3 Å². The van der Waals surface area contributed by atoms with Crippen LogP contribution in [-0.2, 0) is 4.79 Å². The van der Waals surface area contributed by atoms with Gasteiger partial charge in [-0.05, 0) is 37.1 Å². The van der Waals surface area contributed by atoms with Crippen LogP contribution in [0.2, 0.25) is 0 Å². The maximum Gasteiger partial charge on any atom is 0.227 e. The average Bonchev–Trinajstić information content (AvgIpc) is 3.13. The van der Waals surface area contributed by atoms with Crippen LogP contribution >= 0.6 is 0 Å². The predicted octanol–water partition coefficient (Wildman–Crippen LogP) is 8.26. The van der Waals surface area contributed by atoms with Crippen molar-refractivity contribution in [1.82, 2.24) is 4.98 Å². The number of rotatable bonds is 5. The number of hydrogen-bond acceptors (Lipinski definition) is 4. The van der Waals surface area contributed by atoms with Gasteiger partial charge in [0.05, 0.1) is 5.69 Å². The molecule has 176 valence electrons. The quantitative estimate of drug-likeness (QED) is 0.398. The lowest BCUT2D eigenvalue weighted by Gasteiger charge is -2.10. The minimum atomic E-state index is -0.0611. The molecule has 0 aliphatic rings. The van der Waals surface area contributed by atoms with Crippen molar-refractivity contribution in [2.45, 2.75) is 76.2 Å². The number of amides is 1. The Hall–Kier alpha value is -2.82. The molecule has 2 aromatic carbocycles. The third kappa shape index (κ3) is 9.24. The second-order valence-corrected chi connectivity index (χ2v) is 6.64. The van der Waals surface area contributed by atoms with E-state index >= 15 is 0 Å². The van der Waals surface area contributed by atoms with Crippen molar-refractivity contribution in [2.24, 2.45) is 5.92 Å². The van der Waals surface area contributed by atoms with E-state index in [1.54, 1.807) is 24.3 Å². The van der Waals surface area contributed by atoms with Crippen LogP contribution in [0.25, 0.3) is 11.1 Å². The Balaban J connectivity index is -0.000000448. The van der Waals surface area contributed by atoms with Crippen molar-refractivity contribution in [3.8, 4) is 5.75 Å². The summed E-state index contributed by atoms with van der Waals surface area (Å²) in [5.74, 6) is 1.27. The molecule has 0 saturated heterocycles. The molecule has 0 bridgehead atoms. The highest BCUT2D eigenvalue weighted by molar-refractivity contribution is 5.93. The monoisotopic (exact) mass is 432 g/mol. The second-order valence-electron chi connectivity index (χ2n) is 6.64. The predicted molar refractivity (Wildman–Crippen MR) is 136 cm³/mol. The van der Waals surface area contributed by atoms with Crippen molar-refractivity contribution >= 4 is 22.7 Å². The van der Waals surface area contributed by atoms with Gasteiger partial charge >= 0.3 is 0 Å². The van der Waals surface area contributed by atoms with E-state index in [0.29, 0.717) is 11.6 Å². The molecule has 1 amide bonds. The Bertz CT molecular complexity index is 841. The van der Waals surface area contributed by atoms with Gasteiger partial charge in [0.15, 0.2) is 11.5 Å². The number of nitrogens with one attached hydrogen (secondary N) is 1. The van der Waals surface area contributed by atoms with Crippen LogP contribution in [-0.4, -0.2) is 16.0 Å². The molecule has 5 heteroatoms. The van der Waals surface area contributed by atoms with Gasteiger partial charge in [0.1, 0.15) is 11.3 Å². The summed E-state index contributed by atoms with van der Waals surface area (Å²) in [4.78, 5) is 15.9. The van der Waals surface area contributed by atoms with Crippen molar-refractivity contribution in [1.29, 1.82) is 0 Å². The first kappa shape index (κ1) is 32.8. The lowest BCUT2D eigenvalue weighted by atomic mass is 10.1. The number of anilines is 1. The summed E-state index contributed by atoms with van der Waals surface area (Å²) in [6.07, 6.45) is 1.85. The van der Waals surface area contributed by atoms with Crippen LogP contribution < -0.4 is 5.32 Å². The summed E-state index contributed by atoms with van der Waals surface area (Å²) < 4.78 is 5.61. The van der Waals surface area contributed by atoms with Gasteiger partial charge in [-0.25, -0.2) is 4.98 Å². The van der Waals surface area contributed by atoms with Crippen molar-refractivity contribution in [3.05, 3.63) is 54.4 Å². The molecule has 0 aliphatic heterocycles. The fraction of sp³-hybridized carbons (Fsp3) is 0.462. The number of fused-ring (bicyclic) bond motifs is 1. The molecular formula is C26H44N2O3. The molecule has 0 spiro atoms. The number of nitrogens with zero attached hydrogens (tertiary/aromatic N) is 1. The lowest BCUT2D eigenvalue weighted by molar-refractivity contribution is -0.119. The van der Waals surface area contributed by atoms with Gasteiger partial charge in [0, 0.05) is 11.8 Å². The van der Waals surface area contributed by atoms with Crippen LogP contribution in [0.15, 0.2) is 52.9 Å². The number of oxazole rings is 1.